The first kappa shape index (κ1) is 18.7. The van der Waals surface area contributed by atoms with E-state index in [1.807, 2.05) is 30.3 Å². The van der Waals surface area contributed by atoms with Crippen molar-refractivity contribution in [1.29, 1.82) is 0 Å². The number of rotatable bonds is 4. The molecule has 0 aliphatic carbocycles. The maximum atomic E-state index is 12.9. The predicted octanol–water partition coefficient (Wildman–Crippen LogP) is 5.20. The lowest BCUT2D eigenvalue weighted by atomic mass is 10.1. The van der Waals surface area contributed by atoms with Gasteiger partial charge in [0.2, 0.25) is 5.91 Å². The van der Waals surface area contributed by atoms with Gasteiger partial charge in [-0.15, -0.1) is 0 Å². The number of amides is 1. The average molecular weight is 395 g/mol. The van der Waals surface area contributed by atoms with E-state index in [0.717, 1.165) is 17.7 Å². The first-order valence-corrected chi connectivity index (χ1v) is 8.90. The van der Waals surface area contributed by atoms with Gasteiger partial charge in [-0.1, -0.05) is 48.5 Å². The molecule has 1 amide bonds. The normalized spacial score (nSPS) is 11.6. The lowest BCUT2D eigenvalue weighted by Crippen LogP contribution is -2.16. The number of hydrogen-bond acceptors (Lipinski definition) is 2. The minimum atomic E-state index is -4.41. The van der Waals surface area contributed by atoms with Crippen LogP contribution in [0.5, 0.6) is 0 Å². The molecule has 146 valence electrons. The third-order valence-corrected chi connectivity index (χ3v) is 4.48. The van der Waals surface area contributed by atoms with Gasteiger partial charge < -0.3 is 5.32 Å². The lowest BCUT2D eigenvalue weighted by molar-refractivity contribution is -0.137. The SMILES string of the molecule is O=C(Cc1ccccc1)Nc1c(-c2ccc(C(F)(F)F)cc2)nc2ccccn12. The fourth-order valence-electron chi connectivity index (χ4n) is 3.09. The van der Waals surface area contributed by atoms with Crippen molar-refractivity contribution in [2.45, 2.75) is 12.6 Å². The Kier molecular flexibility index (Phi) is 4.80. The van der Waals surface area contributed by atoms with E-state index < -0.39 is 11.7 Å². The van der Waals surface area contributed by atoms with E-state index in [9.17, 15) is 18.0 Å². The molecule has 0 spiro atoms. The van der Waals surface area contributed by atoms with Crippen molar-refractivity contribution < 1.29 is 18.0 Å². The minimum Gasteiger partial charge on any atom is -0.310 e. The largest absolute Gasteiger partial charge is 0.416 e. The smallest absolute Gasteiger partial charge is 0.310 e. The first-order chi connectivity index (χ1) is 13.9. The highest BCUT2D eigenvalue weighted by Crippen LogP contribution is 2.33. The van der Waals surface area contributed by atoms with Crippen LogP contribution >= 0.6 is 0 Å². The number of imidazole rings is 1. The average Bonchev–Trinajstić information content (AvgIpc) is 3.06. The number of nitrogens with one attached hydrogen (secondary N) is 1. The number of fused-ring (bicyclic) bond motifs is 1. The number of anilines is 1. The first-order valence-electron chi connectivity index (χ1n) is 8.90. The number of carbonyl (C=O) groups is 1. The lowest BCUT2D eigenvalue weighted by Gasteiger charge is -2.09. The van der Waals surface area contributed by atoms with Crippen molar-refractivity contribution >= 4 is 17.4 Å². The molecule has 0 unspecified atom stereocenters. The summed E-state index contributed by atoms with van der Waals surface area (Å²) in [4.78, 5) is 17.1. The highest BCUT2D eigenvalue weighted by molar-refractivity contribution is 5.95. The Bertz CT molecular complexity index is 1150. The molecule has 0 radical (unpaired) electrons. The van der Waals surface area contributed by atoms with Crippen LogP contribution < -0.4 is 5.32 Å². The van der Waals surface area contributed by atoms with Crippen LogP contribution in [-0.2, 0) is 17.4 Å². The highest BCUT2D eigenvalue weighted by Gasteiger charge is 2.30. The molecule has 0 atom stereocenters. The Morgan fingerprint density at radius 3 is 2.31 bits per heavy atom. The van der Waals surface area contributed by atoms with E-state index in [0.29, 0.717) is 22.7 Å². The van der Waals surface area contributed by atoms with E-state index >= 15 is 0 Å². The summed E-state index contributed by atoms with van der Waals surface area (Å²) in [5.41, 5.74) is 1.59. The van der Waals surface area contributed by atoms with Gasteiger partial charge in [0.1, 0.15) is 17.2 Å². The number of carbonyl (C=O) groups excluding carboxylic acids is 1. The van der Waals surface area contributed by atoms with Gasteiger partial charge in [-0.05, 0) is 29.8 Å². The van der Waals surface area contributed by atoms with Crippen LogP contribution in [0.2, 0.25) is 0 Å². The molecule has 4 nitrogen and oxygen atoms in total. The molecule has 0 aliphatic rings. The van der Waals surface area contributed by atoms with E-state index in [-0.39, 0.29) is 12.3 Å². The molecule has 0 saturated heterocycles. The Morgan fingerprint density at radius 1 is 0.931 bits per heavy atom. The van der Waals surface area contributed by atoms with Crippen molar-refractivity contribution in [3.63, 3.8) is 0 Å². The van der Waals surface area contributed by atoms with Crippen LogP contribution in [0.15, 0.2) is 79.0 Å². The van der Waals surface area contributed by atoms with Gasteiger partial charge in [0.15, 0.2) is 0 Å². The monoisotopic (exact) mass is 395 g/mol. The highest BCUT2D eigenvalue weighted by atomic mass is 19.4. The van der Waals surface area contributed by atoms with Gasteiger partial charge in [0.25, 0.3) is 0 Å². The molecule has 4 aromatic rings. The van der Waals surface area contributed by atoms with Gasteiger partial charge in [-0.2, -0.15) is 13.2 Å². The summed E-state index contributed by atoms with van der Waals surface area (Å²) in [7, 11) is 0. The van der Waals surface area contributed by atoms with Crippen LogP contribution in [0.25, 0.3) is 16.9 Å². The molecular formula is C22H16F3N3O. The molecule has 0 aliphatic heterocycles. The number of benzene rings is 2. The van der Waals surface area contributed by atoms with Crippen LogP contribution in [0.1, 0.15) is 11.1 Å². The summed E-state index contributed by atoms with van der Waals surface area (Å²) in [6, 6.07) is 19.4. The number of aromatic nitrogens is 2. The van der Waals surface area contributed by atoms with Crippen molar-refractivity contribution in [2.75, 3.05) is 5.32 Å². The number of nitrogens with zero attached hydrogens (tertiary/aromatic N) is 2. The maximum absolute atomic E-state index is 12.9. The zero-order valence-corrected chi connectivity index (χ0v) is 15.1. The fourth-order valence-corrected chi connectivity index (χ4v) is 3.09. The van der Waals surface area contributed by atoms with E-state index in [1.54, 1.807) is 28.8 Å². The topological polar surface area (TPSA) is 46.4 Å². The molecule has 2 aromatic heterocycles. The molecule has 7 heteroatoms. The molecular weight excluding hydrogens is 379 g/mol. The zero-order chi connectivity index (χ0) is 20.4. The number of alkyl halides is 3. The third-order valence-electron chi connectivity index (χ3n) is 4.48. The van der Waals surface area contributed by atoms with Crippen LogP contribution in [-0.4, -0.2) is 15.3 Å². The Morgan fingerprint density at radius 2 is 1.62 bits per heavy atom. The Balaban J connectivity index is 1.70. The second kappa shape index (κ2) is 7.43. The Labute approximate surface area is 164 Å². The van der Waals surface area contributed by atoms with E-state index in [2.05, 4.69) is 10.3 Å². The summed E-state index contributed by atoms with van der Waals surface area (Å²) in [5.74, 6) is 0.177. The molecule has 0 bridgehead atoms. The van der Waals surface area contributed by atoms with Gasteiger partial charge in [0, 0.05) is 11.8 Å². The zero-order valence-electron chi connectivity index (χ0n) is 15.1. The van der Waals surface area contributed by atoms with Crippen LogP contribution in [0.4, 0.5) is 19.0 Å². The second-order valence-corrected chi connectivity index (χ2v) is 6.52. The Hall–Kier alpha value is -3.61. The summed E-state index contributed by atoms with van der Waals surface area (Å²) < 4.78 is 40.3. The van der Waals surface area contributed by atoms with Gasteiger partial charge in [0.05, 0.1) is 12.0 Å². The molecule has 4 rings (SSSR count). The van der Waals surface area contributed by atoms with Crippen LogP contribution in [0.3, 0.4) is 0 Å². The number of halogens is 3. The number of pyridine rings is 1. The molecule has 0 saturated carbocycles. The summed E-state index contributed by atoms with van der Waals surface area (Å²) in [5, 5.41) is 2.86. The van der Waals surface area contributed by atoms with Crippen molar-refractivity contribution in [1.82, 2.24) is 9.38 Å². The summed E-state index contributed by atoms with van der Waals surface area (Å²) >= 11 is 0. The maximum Gasteiger partial charge on any atom is 0.416 e. The summed E-state index contributed by atoms with van der Waals surface area (Å²) in [6.45, 7) is 0. The van der Waals surface area contributed by atoms with E-state index in [4.69, 9.17) is 0 Å². The van der Waals surface area contributed by atoms with Gasteiger partial charge in [-0.25, -0.2) is 4.98 Å². The fraction of sp³-hybridized carbons (Fsp3) is 0.0909. The van der Waals surface area contributed by atoms with Crippen molar-refractivity contribution in [2.24, 2.45) is 0 Å². The molecule has 29 heavy (non-hydrogen) atoms. The second-order valence-electron chi connectivity index (χ2n) is 6.52. The molecule has 2 heterocycles. The third kappa shape index (κ3) is 3.99. The van der Waals surface area contributed by atoms with Crippen molar-refractivity contribution in [3.8, 4) is 11.3 Å². The van der Waals surface area contributed by atoms with E-state index in [1.165, 1.54) is 12.1 Å². The molecule has 0 fully saturated rings. The standard InChI is InChI=1S/C22H16F3N3O/c23-22(24,25)17-11-9-16(10-12-17)20-21(28-13-5-4-8-18(28)26-20)27-19(29)14-15-6-2-1-3-7-15/h1-13H,14H2,(H,27,29). The molecule has 2 aromatic carbocycles. The quantitative estimate of drug-likeness (QED) is 0.516. The van der Waals surface area contributed by atoms with Crippen LogP contribution in [0, 0.1) is 0 Å². The van der Waals surface area contributed by atoms with Gasteiger partial charge in [-0.3, -0.25) is 9.20 Å². The van der Waals surface area contributed by atoms with Gasteiger partial charge >= 0.3 is 6.18 Å². The summed E-state index contributed by atoms with van der Waals surface area (Å²) in [6.07, 6.45) is -2.49. The number of hydrogen-bond donors (Lipinski definition) is 1. The predicted molar refractivity (Wildman–Crippen MR) is 104 cm³/mol. The molecule has 1 N–H and O–H groups in total. The minimum absolute atomic E-state index is 0.174. The van der Waals surface area contributed by atoms with Crippen molar-refractivity contribution in [3.05, 3.63) is 90.1 Å².